The van der Waals surface area contributed by atoms with Crippen molar-refractivity contribution in [3.05, 3.63) is 65.5 Å². The molecule has 4 heteroatoms. The first kappa shape index (κ1) is 19.7. The fourth-order valence-electron chi connectivity index (χ4n) is 3.27. The molecule has 25 heavy (non-hydrogen) atoms. The minimum Gasteiger partial charge on any atom is -0.489 e. The second-order valence-corrected chi connectivity index (χ2v) is 6.60. The predicted octanol–water partition coefficient (Wildman–Crippen LogP) is 5.64. The Hall–Kier alpha value is -1.58. The fraction of sp³-hybridized carbons (Fsp3) is 0.429. The van der Waals surface area contributed by atoms with Crippen LogP contribution in [0.1, 0.15) is 49.7 Å². The highest BCUT2D eigenvalue weighted by atomic mass is 35.5. The summed E-state index contributed by atoms with van der Waals surface area (Å²) in [6.45, 7) is 1.12. The molecule has 0 saturated heterocycles. The van der Waals surface area contributed by atoms with Gasteiger partial charge in [0.2, 0.25) is 0 Å². The van der Waals surface area contributed by atoms with Crippen molar-refractivity contribution in [1.29, 1.82) is 0 Å². The Morgan fingerprint density at radius 3 is 2.48 bits per heavy atom. The Morgan fingerprint density at radius 1 is 0.960 bits per heavy atom. The van der Waals surface area contributed by atoms with Crippen LogP contribution >= 0.6 is 12.4 Å². The van der Waals surface area contributed by atoms with Crippen LogP contribution < -0.4 is 10.1 Å². The highest BCUT2D eigenvalue weighted by Crippen LogP contribution is 2.19. The topological polar surface area (TPSA) is 21.3 Å². The zero-order chi connectivity index (χ0) is 16.6. The number of ether oxygens (including phenoxy) is 1. The molecule has 0 atom stereocenters. The fourth-order valence-corrected chi connectivity index (χ4v) is 3.27. The van der Waals surface area contributed by atoms with Gasteiger partial charge < -0.3 is 10.1 Å². The summed E-state index contributed by atoms with van der Waals surface area (Å²) in [6, 6.07) is 15.5. The molecule has 0 aromatic heterocycles. The highest BCUT2D eigenvalue weighted by molar-refractivity contribution is 5.85. The third kappa shape index (κ3) is 6.33. The Morgan fingerprint density at radius 2 is 1.72 bits per heavy atom. The molecule has 1 aliphatic rings. The number of halogens is 2. The van der Waals surface area contributed by atoms with E-state index in [0.29, 0.717) is 11.6 Å². The number of rotatable bonds is 6. The first-order chi connectivity index (χ1) is 11.8. The number of hydrogen-bond acceptors (Lipinski definition) is 2. The minimum atomic E-state index is -0.219. The van der Waals surface area contributed by atoms with Crippen molar-refractivity contribution in [3.8, 4) is 5.75 Å². The number of nitrogens with one attached hydrogen (secondary N) is 1. The molecular formula is C21H27ClFNO. The van der Waals surface area contributed by atoms with Crippen molar-refractivity contribution in [3.63, 3.8) is 0 Å². The molecule has 2 aromatic carbocycles. The van der Waals surface area contributed by atoms with E-state index in [1.807, 2.05) is 24.3 Å². The molecule has 0 spiro atoms. The molecule has 1 N–H and O–H groups in total. The van der Waals surface area contributed by atoms with Crippen LogP contribution in [0.25, 0.3) is 0 Å². The molecule has 0 radical (unpaired) electrons. The van der Waals surface area contributed by atoms with Crippen molar-refractivity contribution < 1.29 is 9.13 Å². The summed E-state index contributed by atoms with van der Waals surface area (Å²) in [5.41, 5.74) is 1.80. The quantitative estimate of drug-likeness (QED) is 0.670. The van der Waals surface area contributed by atoms with Crippen molar-refractivity contribution >= 4 is 12.4 Å². The van der Waals surface area contributed by atoms with Crippen molar-refractivity contribution in [1.82, 2.24) is 5.32 Å². The lowest BCUT2D eigenvalue weighted by atomic mass is 10.1. The summed E-state index contributed by atoms with van der Waals surface area (Å²) in [5, 5.41) is 3.67. The maximum absolute atomic E-state index is 13.6. The van der Waals surface area contributed by atoms with Gasteiger partial charge in [0.1, 0.15) is 18.2 Å². The van der Waals surface area contributed by atoms with Gasteiger partial charge in [-0.3, -0.25) is 0 Å². The van der Waals surface area contributed by atoms with Gasteiger partial charge in [-0.1, -0.05) is 56.0 Å². The van der Waals surface area contributed by atoms with E-state index in [0.717, 1.165) is 12.3 Å². The molecule has 0 unspecified atom stereocenters. The van der Waals surface area contributed by atoms with E-state index in [4.69, 9.17) is 4.74 Å². The van der Waals surface area contributed by atoms with E-state index in [1.54, 1.807) is 12.1 Å². The maximum atomic E-state index is 13.6. The first-order valence-electron chi connectivity index (χ1n) is 9.00. The summed E-state index contributed by atoms with van der Waals surface area (Å²) in [6.07, 6.45) is 7.98. The lowest BCUT2D eigenvalue weighted by Gasteiger charge is -2.16. The molecule has 0 heterocycles. The second-order valence-electron chi connectivity index (χ2n) is 6.60. The highest BCUT2D eigenvalue weighted by Gasteiger charge is 2.11. The van der Waals surface area contributed by atoms with Gasteiger partial charge >= 0.3 is 0 Å². The van der Waals surface area contributed by atoms with Crippen LogP contribution in [-0.4, -0.2) is 6.04 Å². The molecular weight excluding hydrogens is 337 g/mol. The van der Waals surface area contributed by atoms with Crippen molar-refractivity contribution in [2.45, 2.75) is 57.7 Å². The molecule has 2 aromatic rings. The van der Waals surface area contributed by atoms with Gasteiger partial charge in [-0.15, -0.1) is 12.4 Å². The molecule has 3 rings (SSSR count). The standard InChI is InChI=1S/C21H26FNO.ClH/c22-21-13-6-5-9-18(21)16-24-20-12-7-8-17(14-20)15-23-19-10-3-1-2-4-11-19;/h5-9,12-14,19,23H,1-4,10-11,15-16H2;1H. The number of benzene rings is 2. The smallest absolute Gasteiger partial charge is 0.129 e. The number of hydrogen-bond donors (Lipinski definition) is 1. The normalized spacial score (nSPS) is 15.2. The average Bonchev–Trinajstić information content (AvgIpc) is 2.88. The van der Waals surface area contributed by atoms with Crippen molar-refractivity contribution in [2.24, 2.45) is 0 Å². The molecule has 1 aliphatic carbocycles. The average molecular weight is 364 g/mol. The van der Waals surface area contributed by atoms with E-state index < -0.39 is 0 Å². The van der Waals surface area contributed by atoms with E-state index in [-0.39, 0.29) is 24.8 Å². The predicted molar refractivity (Wildman–Crippen MR) is 103 cm³/mol. The van der Waals surface area contributed by atoms with E-state index in [9.17, 15) is 4.39 Å². The molecule has 136 valence electrons. The van der Waals surface area contributed by atoms with Crippen LogP contribution in [-0.2, 0) is 13.2 Å². The van der Waals surface area contributed by atoms with Gasteiger partial charge in [0.15, 0.2) is 0 Å². The van der Waals surface area contributed by atoms with Gasteiger partial charge in [-0.25, -0.2) is 4.39 Å². The Kier molecular flexibility index (Phi) is 8.23. The summed E-state index contributed by atoms with van der Waals surface area (Å²) in [7, 11) is 0. The summed E-state index contributed by atoms with van der Waals surface area (Å²) < 4.78 is 19.4. The molecule has 1 saturated carbocycles. The van der Waals surface area contributed by atoms with E-state index >= 15 is 0 Å². The molecule has 0 aliphatic heterocycles. The summed E-state index contributed by atoms with van der Waals surface area (Å²) >= 11 is 0. The van der Waals surface area contributed by atoms with Crippen LogP contribution in [0.5, 0.6) is 5.75 Å². The third-order valence-corrected chi connectivity index (χ3v) is 4.70. The Labute approximate surface area is 156 Å². The maximum Gasteiger partial charge on any atom is 0.129 e. The third-order valence-electron chi connectivity index (χ3n) is 4.70. The van der Waals surface area contributed by atoms with Gasteiger partial charge in [0, 0.05) is 18.2 Å². The van der Waals surface area contributed by atoms with Gasteiger partial charge in [-0.05, 0) is 36.6 Å². The molecule has 2 nitrogen and oxygen atoms in total. The van der Waals surface area contributed by atoms with Crippen LogP contribution in [0.3, 0.4) is 0 Å². The van der Waals surface area contributed by atoms with E-state index in [2.05, 4.69) is 11.4 Å². The van der Waals surface area contributed by atoms with Crippen molar-refractivity contribution in [2.75, 3.05) is 0 Å². The second kappa shape index (κ2) is 10.4. The summed E-state index contributed by atoms with van der Waals surface area (Å²) in [4.78, 5) is 0. The van der Waals surface area contributed by atoms with Gasteiger partial charge in [0.05, 0.1) is 0 Å². The minimum absolute atomic E-state index is 0. The molecule has 1 fully saturated rings. The SMILES string of the molecule is Cl.Fc1ccccc1COc1cccc(CNC2CCCCCC2)c1. The molecule has 0 bridgehead atoms. The lowest BCUT2D eigenvalue weighted by Crippen LogP contribution is -2.27. The molecule has 0 amide bonds. The van der Waals surface area contributed by atoms with Gasteiger partial charge in [0.25, 0.3) is 0 Å². The monoisotopic (exact) mass is 363 g/mol. The van der Waals surface area contributed by atoms with Crippen LogP contribution in [0.2, 0.25) is 0 Å². The summed E-state index contributed by atoms with van der Waals surface area (Å²) in [5.74, 6) is 0.571. The Bertz CT molecular complexity index is 641. The Balaban J connectivity index is 0.00000225. The van der Waals surface area contributed by atoms with E-state index in [1.165, 1.54) is 50.2 Å². The zero-order valence-corrected chi connectivity index (χ0v) is 15.4. The first-order valence-corrected chi connectivity index (χ1v) is 9.00. The largest absolute Gasteiger partial charge is 0.489 e. The van der Waals surface area contributed by atoms with Crippen LogP contribution in [0, 0.1) is 5.82 Å². The van der Waals surface area contributed by atoms with Crippen LogP contribution in [0.15, 0.2) is 48.5 Å². The van der Waals surface area contributed by atoms with Crippen LogP contribution in [0.4, 0.5) is 4.39 Å². The van der Waals surface area contributed by atoms with Gasteiger partial charge in [-0.2, -0.15) is 0 Å². The lowest BCUT2D eigenvalue weighted by molar-refractivity contribution is 0.299. The zero-order valence-electron chi connectivity index (χ0n) is 14.5.